The van der Waals surface area contributed by atoms with Crippen LogP contribution < -0.4 is 5.32 Å². The fourth-order valence-corrected chi connectivity index (χ4v) is 4.88. The van der Waals surface area contributed by atoms with Crippen molar-refractivity contribution in [3.05, 3.63) is 63.2 Å². The molecule has 1 amide bonds. The Morgan fingerprint density at radius 2 is 1.93 bits per heavy atom. The van der Waals surface area contributed by atoms with Crippen molar-refractivity contribution in [3.8, 4) is 0 Å². The van der Waals surface area contributed by atoms with Crippen molar-refractivity contribution in [1.29, 1.82) is 0 Å². The number of aryl methyl sites for hydroxylation is 1. The normalized spacial score (nSPS) is 13.4. The van der Waals surface area contributed by atoms with E-state index in [1.165, 1.54) is 24.1 Å². The first kappa shape index (κ1) is 18.8. The maximum atomic E-state index is 12.5. The molecule has 0 saturated carbocycles. The number of amides is 1. The van der Waals surface area contributed by atoms with Gasteiger partial charge in [-0.15, -0.1) is 11.8 Å². The summed E-state index contributed by atoms with van der Waals surface area (Å²) in [5.41, 5.74) is 4.22. The predicted molar refractivity (Wildman–Crippen MR) is 117 cm³/mol. The van der Waals surface area contributed by atoms with Gasteiger partial charge in [-0.05, 0) is 73.7 Å². The SMILES string of the molecule is O=C(CSc1c2c(nc3ccc(Cl)cc13)CCCC2)Nc1ccc(Br)cc1. The minimum Gasteiger partial charge on any atom is -0.325 e. The first-order valence-corrected chi connectivity index (χ1v) is 11.0. The van der Waals surface area contributed by atoms with Gasteiger partial charge >= 0.3 is 0 Å². The van der Waals surface area contributed by atoms with Gasteiger partial charge in [-0.2, -0.15) is 0 Å². The molecule has 3 aromatic rings. The number of hydrogen-bond acceptors (Lipinski definition) is 3. The van der Waals surface area contributed by atoms with E-state index in [2.05, 4.69) is 21.2 Å². The second kappa shape index (κ2) is 8.21. The largest absolute Gasteiger partial charge is 0.325 e. The zero-order valence-electron chi connectivity index (χ0n) is 14.6. The summed E-state index contributed by atoms with van der Waals surface area (Å²) < 4.78 is 0.988. The van der Waals surface area contributed by atoms with Crippen molar-refractivity contribution >= 4 is 61.8 Å². The minimum absolute atomic E-state index is 0.0149. The summed E-state index contributed by atoms with van der Waals surface area (Å²) in [4.78, 5) is 18.5. The number of anilines is 1. The second-order valence-corrected chi connectivity index (χ2v) is 8.92. The number of halogens is 2. The summed E-state index contributed by atoms with van der Waals surface area (Å²) in [6.45, 7) is 0. The highest BCUT2D eigenvalue weighted by Gasteiger charge is 2.19. The van der Waals surface area contributed by atoms with E-state index in [4.69, 9.17) is 16.6 Å². The first-order chi connectivity index (χ1) is 13.1. The average molecular weight is 462 g/mol. The molecule has 0 fully saturated rings. The molecular formula is C21H18BrClN2OS. The quantitative estimate of drug-likeness (QED) is 0.466. The van der Waals surface area contributed by atoms with Crippen LogP contribution in [0.3, 0.4) is 0 Å². The Labute approximate surface area is 176 Å². The van der Waals surface area contributed by atoms with Gasteiger partial charge in [0, 0.05) is 31.2 Å². The van der Waals surface area contributed by atoms with Gasteiger partial charge in [0.25, 0.3) is 0 Å². The molecule has 6 heteroatoms. The van der Waals surface area contributed by atoms with Crippen LogP contribution in [0.15, 0.2) is 51.8 Å². The molecular weight excluding hydrogens is 444 g/mol. The highest BCUT2D eigenvalue weighted by atomic mass is 79.9. The predicted octanol–water partition coefficient (Wildman–Crippen LogP) is 6.26. The molecule has 0 spiro atoms. The molecule has 3 nitrogen and oxygen atoms in total. The molecule has 1 heterocycles. The van der Waals surface area contributed by atoms with E-state index < -0.39 is 0 Å². The summed E-state index contributed by atoms with van der Waals surface area (Å²) in [7, 11) is 0. The smallest absolute Gasteiger partial charge is 0.234 e. The van der Waals surface area contributed by atoms with Crippen molar-refractivity contribution in [2.45, 2.75) is 30.6 Å². The lowest BCUT2D eigenvalue weighted by atomic mass is 9.94. The molecule has 1 aromatic heterocycles. The Morgan fingerprint density at radius 1 is 1.15 bits per heavy atom. The van der Waals surface area contributed by atoms with Gasteiger partial charge in [0.2, 0.25) is 5.91 Å². The maximum absolute atomic E-state index is 12.5. The van der Waals surface area contributed by atoms with Crippen molar-refractivity contribution < 1.29 is 4.79 Å². The monoisotopic (exact) mass is 460 g/mol. The Balaban J connectivity index is 1.59. The maximum Gasteiger partial charge on any atom is 0.234 e. The topological polar surface area (TPSA) is 42.0 Å². The molecule has 0 atom stereocenters. The Morgan fingerprint density at radius 3 is 2.74 bits per heavy atom. The third kappa shape index (κ3) is 4.31. The molecule has 2 aromatic carbocycles. The highest BCUT2D eigenvalue weighted by Crippen LogP contribution is 2.37. The zero-order valence-corrected chi connectivity index (χ0v) is 17.8. The second-order valence-electron chi connectivity index (χ2n) is 6.58. The third-order valence-corrected chi connectivity index (χ3v) is 6.57. The number of thioether (sulfide) groups is 1. The number of nitrogens with one attached hydrogen (secondary N) is 1. The van der Waals surface area contributed by atoms with Gasteiger partial charge in [-0.1, -0.05) is 27.5 Å². The number of hydrogen-bond donors (Lipinski definition) is 1. The van der Waals surface area contributed by atoms with E-state index in [0.29, 0.717) is 10.8 Å². The van der Waals surface area contributed by atoms with E-state index in [9.17, 15) is 4.79 Å². The van der Waals surface area contributed by atoms with Crippen LogP contribution in [-0.4, -0.2) is 16.6 Å². The van der Waals surface area contributed by atoms with Crippen LogP contribution in [0.4, 0.5) is 5.69 Å². The molecule has 27 heavy (non-hydrogen) atoms. The van der Waals surface area contributed by atoms with Gasteiger partial charge in [-0.25, -0.2) is 0 Å². The molecule has 1 N–H and O–H groups in total. The zero-order chi connectivity index (χ0) is 18.8. The molecule has 4 rings (SSSR count). The lowest BCUT2D eigenvalue weighted by Gasteiger charge is -2.20. The third-order valence-electron chi connectivity index (χ3n) is 4.65. The summed E-state index contributed by atoms with van der Waals surface area (Å²) in [6, 6.07) is 13.4. The summed E-state index contributed by atoms with van der Waals surface area (Å²) in [5.74, 6) is 0.340. The lowest BCUT2D eigenvalue weighted by Crippen LogP contribution is -2.15. The van der Waals surface area contributed by atoms with E-state index in [-0.39, 0.29) is 5.91 Å². The van der Waals surface area contributed by atoms with Crippen molar-refractivity contribution in [2.24, 2.45) is 0 Å². The summed E-state index contributed by atoms with van der Waals surface area (Å²) in [6.07, 6.45) is 4.36. The highest BCUT2D eigenvalue weighted by molar-refractivity contribution is 9.10. The van der Waals surface area contributed by atoms with E-state index >= 15 is 0 Å². The van der Waals surface area contributed by atoms with Crippen molar-refractivity contribution in [2.75, 3.05) is 11.1 Å². The first-order valence-electron chi connectivity index (χ1n) is 8.89. The fourth-order valence-electron chi connectivity index (χ4n) is 3.39. The molecule has 138 valence electrons. The van der Waals surface area contributed by atoms with Crippen LogP contribution in [0.2, 0.25) is 5.02 Å². The van der Waals surface area contributed by atoms with Gasteiger partial charge in [0.05, 0.1) is 11.3 Å². The van der Waals surface area contributed by atoms with Crippen LogP contribution >= 0.6 is 39.3 Å². The Bertz CT molecular complexity index is 1010. The Kier molecular flexibility index (Phi) is 5.71. The van der Waals surface area contributed by atoms with Crippen LogP contribution in [0, 0.1) is 0 Å². The van der Waals surface area contributed by atoms with E-state index in [0.717, 1.165) is 38.8 Å². The van der Waals surface area contributed by atoms with Crippen LogP contribution in [0.5, 0.6) is 0 Å². The number of pyridine rings is 1. The summed E-state index contributed by atoms with van der Waals surface area (Å²) >= 11 is 11.2. The molecule has 0 radical (unpaired) electrons. The standard InChI is InChI=1S/C21H18BrClN2OS/c22-13-5-8-15(9-6-13)24-20(26)12-27-21-16-3-1-2-4-18(16)25-19-10-7-14(23)11-17(19)21/h5-11H,1-4,12H2,(H,24,26). The van der Waals surface area contributed by atoms with Crippen LogP contribution in [0.1, 0.15) is 24.1 Å². The average Bonchev–Trinajstić information content (AvgIpc) is 2.67. The van der Waals surface area contributed by atoms with E-state index in [1.807, 2.05) is 42.5 Å². The fraction of sp³-hybridized carbons (Fsp3) is 0.238. The van der Waals surface area contributed by atoms with Crippen molar-refractivity contribution in [1.82, 2.24) is 4.98 Å². The number of fused-ring (bicyclic) bond motifs is 2. The van der Waals surface area contributed by atoms with Crippen molar-refractivity contribution in [3.63, 3.8) is 0 Å². The number of carbonyl (C=O) groups is 1. The molecule has 0 bridgehead atoms. The number of benzene rings is 2. The number of aromatic nitrogens is 1. The number of carbonyl (C=O) groups excluding carboxylic acids is 1. The van der Waals surface area contributed by atoms with Gasteiger partial charge in [-0.3, -0.25) is 9.78 Å². The van der Waals surface area contributed by atoms with Crippen LogP contribution in [0.25, 0.3) is 10.9 Å². The molecule has 1 aliphatic rings. The van der Waals surface area contributed by atoms with Gasteiger partial charge < -0.3 is 5.32 Å². The minimum atomic E-state index is -0.0149. The molecule has 0 unspecified atom stereocenters. The summed E-state index contributed by atoms with van der Waals surface area (Å²) in [5, 5.41) is 4.70. The molecule has 0 saturated heterocycles. The Hall–Kier alpha value is -1.56. The number of nitrogens with zero attached hydrogens (tertiary/aromatic N) is 1. The van der Waals surface area contributed by atoms with Gasteiger partial charge in [0.15, 0.2) is 0 Å². The number of rotatable bonds is 4. The molecule has 1 aliphatic carbocycles. The van der Waals surface area contributed by atoms with Gasteiger partial charge in [0.1, 0.15) is 0 Å². The van der Waals surface area contributed by atoms with Crippen LogP contribution in [-0.2, 0) is 17.6 Å². The molecule has 0 aliphatic heterocycles. The lowest BCUT2D eigenvalue weighted by molar-refractivity contribution is -0.113. The van der Waals surface area contributed by atoms with E-state index in [1.54, 1.807) is 11.8 Å².